The van der Waals surface area contributed by atoms with E-state index in [-0.39, 0.29) is 18.3 Å². The number of hydrogen-bond donors (Lipinski definition) is 1. The molecule has 8 heteroatoms. The molecule has 1 N–H and O–H groups in total. The molecule has 1 fully saturated rings. The van der Waals surface area contributed by atoms with Crippen LogP contribution in [0.15, 0.2) is 24.3 Å². The van der Waals surface area contributed by atoms with Crippen molar-refractivity contribution in [2.45, 2.75) is 45.3 Å². The predicted molar refractivity (Wildman–Crippen MR) is 96.5 cm³/mol. The Morgan fingerprint density at radius 3 is 2.00 bits per heavy atom. The molecule has 1 aromatic carbocycles. The lowest BCUT2D eigenvalue weighted by Crippen LogP contribution is -2.41. The molecule has 0 atom stereocenters. The van der Waals surface area contributed by atoms with Crippen LogP contribution >= 0.6 is 0 Å². The maximum Gasteiger partial charge on any atom is 0.494 e. The number of benzene rings is 1. The molecule has 0 amide bonds. The summed E-state index contributed by atoms with van der Waals surface area (Å²) in [6.07, 6.45) is 0.622. The smallest absolute Gasteiger partial charge is 0.399 e. The topological polar surface area (TPSA) is 67.9 Å². The fraction of sp³-hybridized carbons (Fsp3) is 0.625. The van der Waals surface area contributed by atoms with Crippen LogP contribution in [0.3, 0.4) is 0 Å². The molecule has 1 aliphatic heterocycles. The zero-order chi connectivity index (χ0) is 18.2. The molecule has 6 nitrogen and oxygen atoms in total. The van der Waals surface area contributed by atoms with Crippen LogP contribution in [0, 0.1) is 0 Å². The lowest BCUT2D eigenvalue weighted by atomic mass is 9.79. The largest absolute Gasteiger partial charge is 0.494 e. The number of hydrogen-bond acceptors (Lipinski definition) is 4. The summed E-state index contributed by atoms with van der Waals surface area (Å²) >= 11 is 0. The van der Waals surface area contributed by atoms with E-state index in [1.807, 2.05) is 52.0 Å². The second-order valence-corrected chi connectivity index (χ2v) is 9.23. The van der Waals surface area contributed by atoms with Crippen molar-refractivity contribution in [2.24, 2.45) is 0 Å². The molecule has 1 aromatic rings. The quantitative estimate of drug-likeness (QED) is 0.772. The van der Waals surface area contributed by atoms with Crippen LogP contribution in [0.5, 0.6) is 0 Å². The third-order valence-corrected chi connectivity index (χ3v) is 6.21. The summed E-state index contributed by atoms with van der Waals surface area (Å²) in [4.78, 5) is 0. The van der Waals surface area contributed by atoms with Gasteiger partial charge in [-0.05, 0) is 45.1 Å². The molecule has 1 heterocycles. The van der Waals surface area contributed by atoms with Gasteiger partial charge < -0.3 is 9.31 Å². The molecule has 0 aromatic heterocycles. The van der Waals surface area contributed by atoms with Crippen molar-refractivity contribution in [3.8, 4) is 0 Å². The van der Waals surface area contributed by atoms with Gasteiger partial charge in [0.15, 0.2) is 0 Å². The maximum absolute atomic E-state index is 11.7. The molecular weight excluding hydrogens is 327 g/mol. The van der Waals surface area contributed by atoms with Gasteiger partial charge in [0.2, 0.25) is 0 Å². The average Bonchev–Trinajstić information content (AvgIpc) is 2.68. The minimum absolute atomic E-state index is 0.357. The summed E-state index contributed by atoms with van der Waals surface area (Å²) in [6.45, 7) is 8.46. The van der Waals surface area contributed by atoms with E-state index in [0.29, 0.717) is 13.0 Å². The Bertz CT molecular complexity index is 656. The van der Waals surface area contributed by atoms with E-state index in [2.05, 4.69) is 4.72 Å². The highest BCUT2D eigenvalue weighted by molar-refractivity contribution is 7.87. The molecule has 0 bridgehead atoms. The van der Waals surface area contributed by atoms with Gasteiger partial charge in [0.25, 0.3) is 10.2 Å². The fourth-order valence-corrected chi connectivity index (χ4v) is 2.89. The lowest BCUT2D eigenvalue weighted by molar-refractivity contribution is 0.00578. The molecule has 1 aliphatic rings. The van der Waals surface area contributed by atoms with Crippen molar-refractivity contribution < 1.29 is 17.7 Å². The van der Waals surface area contributed by atoms with Crippen molar-refractivity contribution in [2.75, 3.05) is 20.6 Å². The summed E-state index contributed by atoms with van der Waals surface area (Å²) < 4.78 is 39.1. The highest BCUT2D eigenvalue weighted by Crippen LogP contribution is 2.36. The van der Waals surface area contributed by atoms with Crippen LogP contribution in [0.25, 0.3) is 0 Å². The molecule has 0 radical (unpaired) electrons. The van der Waals surface area contributed by atoms with Crippen molar-refractivity contribution >= 4 is 22.8 Å². The molecule has 0 aliphatic carbocycles. The highest BCUT2D eigenvalue weighted by atomic mass is 32.2. The van der Waals surface area contributed by atoms with Gasteiger partial charge in [-0.15, -0.1) is 0 Å². The van der Waals surface area contributed by atoms with E-state index in [9.17, 15) is 8.42 Å². The van der Waals surface area contributed by atoms with Gasteiger partial charge in [-0.2, -0.15) is 12.7 Å². The SMILES string of the molecule is CN(C)S(=O)(=O)NCCc1ccc(B2OC(C)(C)C(C)(C)O2)cc1. The van der Waals surface area contributed by atoms with E-state index in [0.717, 1.165) is 15.3 Å². The van der Waals surface area contributed by atoms with Crippen LogP contribution in [0.2, 0.25) is 0 Å². The van der Waals surface area contributed by atoms with Crippen molar-refractivity contribution in [1.29, 1.82) is 0 Å². The van der Waals surface area contributed by atoms with E-state index < -0.39 is 10.2 Å². The number of nitrogens with one attached hydrogen (secondary N) is 1. The highest BCUT2D eigenvalue weighted by Gasteiger charge is 2.51. The van der Waals surface area contributed by atoms with Gasteiger partial charge in [0, 0.05) is 20.6 Å². The standard InChI is InChI=1S/C16H27BN2O4S/c1-15(2)16(3,4)23-17(22-15)14-9-7-13(8-10-14)11-12-18-24(20,21)19(5)6/h7-10,18H,11-12H2,1-6H3. The molecule has 2 rings (SSSR count). The van der Waals surface area contributed by atoms with Crippen LogP contribution in [-0.2, 0) is 25.9 Å². The monoisotopic (exact) mass is 354 g/mol. The first kappa shape index (κ1) is 19.4. The number of rotatable bonds is 6. The summed E-state index contributed by atoms with van der Waals surface area (Å²) in [6, 6.07) is 7.89. The van der Waals surface area contributed by atoms with Crippen LogP contribution in [0.1, 0.15) is 33.3 Å². The van der Waals surface area contributed by atoms with Gasteiger partial charge in [-0.3, -0.25) is 0 Å². The fourth-order valence-electron chi connectivity index (χ4n) is 2.27. The van der Waals surface area contributed by atoms with E-state index in [4.69, 9.17) is 9.31 Å². The molecule has 0 spiro atoms. The first-order valence-corrected chi connectivity index (χ1v) is 9.50. The van der Waals surface area contributed by atoms with Crippen molar-refractivity contribution in [3.63, 3.8) is 0 Å². The van der Waals surface area contributed by atoms with E-state index in [1.165, 1.54) is 14.1 Å². The molecule has 1 saturated heterocycles. The molecule has 0 saturated carbocycles. The van der Waals surface area contributed by atoms with Crippen LogP contribution in [0.4, 0.5) is 0 Å². The summed E-state index contributed by atoms with van der Waals surface area (Å²) in [5.41, 5.74) is 1.30. The third-order valence-electron chi connectivity index (χ3n) is 4.68. The first-order chi connectivity index (χ1) is 10.9. The number of nitrogens with zero attached hydrogens (tertiary/aromatic N) is 1. The predicted octanol–water partition coefficient (Wildman–Crippen LogP) is 0.924. The second-order valence-electron chi connectivity index (χ2n) is 7.26. The summed E-state index contributed by atoms with van der Waals surface area (Å²) in [7, 11) is -0.747. The molecule has 134 valence electrons. The van der Waals surface area contributed by atoms with Gasteiger partial charge in [0.05, 0.1) is 11.2 Å². The van der Waals surface area contributed by atoms with E-state index >= 15 is 0 Å². The molecular formula is C16H27BN2O4S. The van der Waals surface area contributed by atoms with E-state index in [1.54, 1.807) is 0 Å². The Hall–Kier alpha value is -0.925. The van der Waals surface area contributed by atoms with Crippen molar-refractivity contribution in [3.05, 3.63) is 29.8 Å². The maximum atomic E-state index is 11.7. The molecule has 24 heavy (non-hydrogen) atoms. The second kappa shape index (κ2) is 6.76. The minimum Gasteiger partial charge on any atom is -0.399 e. The minimum atomic E-state index is -3.37. The third kappa shape index (κ3) is 4.18. The zero-order valence-electron chi connectivity index (χ0n) is 15.3. The van der Waals surface area contributed by atoms with Gasteiger partial charge in [-0.1, -0.05) is 24.3 Å². The van der Waals surface area contributed by atoms with Crippen LogP contribution in [-0.4, -0.2) is 51.7 Å². The van der Waals surface area contributed by atoms with Gasteiger partial charge in [-0.25, -0.2) is 4.72 Å². The summed E-state index contributed by atoms with van der Waals surface area (Å²) in [5.74, 6) is 0. The Kier molecular flexibility index (Phi) is 5.47. The Morgan fingerprint density at radius 2 is 1.54 bits per heavy atom. The van der Waals surface area contributed by atoms with Crippen molar-refractivity contribution in [1.82, 2.24) is 9.03 Å². The first-order valence-electron chi connectivity index (χ1n) is 8.06. The van der Waals surface area contributed by atoms with Gasteiger partial charge >= 0.3 is 7.12 Å². The Morgan fingerprint density at radius 1 is 1.04 bits per heavy atom. The Labute approximate surface area is 145 Å². The lowest BCUT2D eigenvalue weighted by Gasteiger charge is -2.32. The zero-order valence-corrected chi connectivity index (χ0v) is 16.1. The van der Waals surface area contributed by atoms with Crippen LogP contribution < -0.4 is 10.2 Å². The normalized spacial score (nSPS) is 19.9. The van der Waals surface area contributed by atoms with Gasteiger partial charge in [0.1, 0.15) is 0 Å². The Balaban J connectivity index is 1.95. The molecule has 0 unspecified atom stereocenters. The average molecular weight is 354 g/mol. The summed E-state index contributed by atoms with van der Waals surface area (Å²) in [5, 5.41) is 0.